The third-order valence-electron chi connectivity index (χ3n) is 8.37. The smallest absolute Gasteiger partial charge is 0.141 e. The molecular formula is C35H37FN8O. The van der Waals surface area contributed by atoms with Crippen LogP contribution < -0.4 is 10.6 Å². The van der Waals surface area contributed by atoms with Gasteiger partial charge in [0.15, 0.2) is 0 Å². The third-order valence-corrected chi connectivity index (χ3v) is 8.37. The molecule has 3 N–H and O–H groups in total. The molecule has 6 aromatic rings. The minimum Gasteiger partial charge on any atom is -0.390 e. The molecule has 1 unspecified atom stereocenters. The Balaban J connectivity index is 1.07. The summed E-state index contributed by atoms with van der Waals surface area (Å²) in [6.45, 7) is 7.96. The Kier molecular flexibility index (Phi) is 8.01. The lowest BCUT2D eigenvalue weighted by Gasteiger charge is -2.37. The summed E-state index contributed by atoms with van der Waals surface area (Å²) in [5, 5.41) is 24.3. The van der Waals surface area contributed by atoms with Crippen molar-refractivity contribution in [3.05, 3.63) is 103 Å². The number of fused-ring (bicyclic) bond motifs is 2. The number of rotatable bonds is 9. The molecule has 9 nitrogen and oxygen atoms in total. The minimum absolute atomic E-state index is 0.252. The molecular weight excluding hydrogens is 567 g/mol. The van der Waals surface area contributed by atoms with E-state index in [0.29, 0.717) is 37.5 Å². The van der Waals surface area contributed by atoms with E-state index in [1.54, 1.807) is 12.4 Å². The van der Waals surface area contributed by atoms with E-state index in [1.807, 2.05) is 47.4 Å². The number of β-amino-alcohol motifs (C(OH)–C–C–N with tert-alkyl or cyclic N) is 1. The van der Waals surface area contributed by atoms with E-state index in [2.05, 4.69) is 73.4 Å². The van der Waals surface area contributed by atoms with E-state index in [9.17, 15) is 9.50 Å². The standard InChI is InChI=1S/C35H37FN8O/c1-23-16-43(17-24(2)40-23)21-31(45)20-42-11-10-27(19-42)26-6-8-33-32(14-26)35(38-22-37-33)41-30-7-9-34-28(13-30)15-39-44(34)18-25-4-3-5-29(36)12-25/h3-15,19,22-24,31,40,45H,16-18,20-21H2,1-2H3,(H,37,38,41)/t23-,24+,31?. The number of halogens is 1. The lowest BCUT2D eigenvalue weighted by atomic mass is 10.1. The molecule has 45 heavy (non-hydrogen) atoms. The molecule has 3 aromatic heterocycles. The Morgan fingerprint density at radius 1 is 0.978 bits per heavy atom. The van der Waals surface area contributed by atoms with E-state index in [4.69, 9.17) is 0 Å². The van der Waals surface area contributed by atoms with Crippen LogP contribution in [0.5, 0.6) is 0 Å². The molecule has 0 aliphatic carbocycles. The van der Waals surface area contributed by atoms with Crippen molar-refractivity contribution < 1.29 is 9.50 Å². The molecule has 0 bridgehead atoms. The summed E-state index contributed by atoms with van der Waals surface area (Å²) in [5.74, 6) is 0.459. The van der Waals surface area contributed by atoms with Crippen LogP contribution in [0.15, 0.2) is 91.6 Å². The van der Waals surface area contributed by atoms with Gasteiger partial charge in [0, 0.05) is 67.1 Å². The predicted molar refractivity (Wildman–Crippen MR) is 176 cm³/mol. The van der Waals surface area contributed by atoms with Crippen LogP contribution in [0.3, 0.4) is 0 Å². The Morgan fingerprint density at radius 3 is 2.69 bits per heavy atom. The second-order valence-electron chi connectivity index (χ2n) is 12.2. The first-order valence-corrected chi connectivity index (χ1v) is 15.4. The SMILES string of the molecule is C[C@@H]1CN(CC(O)Cn2ccc(-c3ccc4ncnc(Nc5ccc6c(cnn6Cc6cccc(F)c6)c5)c4c3)c2)C[C@H](C)N1. The van der Waals surface area contributed by atoms with Crippen LogP contribution in [0.1, 0.15) is 19.4 Å². The van der Waals surface area contributed by atoms with Crippen LogP contribution in [0, 0.1) is 5.82 Å². The maximum Gasteiger partial charge on any atom is 0.141 e. The van der Waals surface area contributed by atoms with Crippen molar-refractivity contribution in [1.29, 1.82) is 0 Å². The van der Waals surface area contributed by atoms with E-state index in [-0.39, 0.29) is 5.82 Å². The molecule has 1 fully saturated rings. The summed E-state index contributed by atoms with van der Waals surface area (Å²) < 4.78 is 17.6. The molecule has 0 radical (unpaired) electrons. The minimum atomic E-state index is -0.450. The summed E-state index contributed by atoms with van der Waals surface area (Å²) >= 11 is 0. The van der Waals surface area contributed by atoms with E-state index in [1.165, 1.54) is 12.1 Å². The normalized spacial score (nSPS) is 18.0. The Bertz CT molecular complexity index is 1940. The molecule has 0 saturated carbocycles. The fourth-order valence-electron chi connectivity index (χ4n) is 6.49. The van der Waals surface area contributed by atoms with Crippen molar-refractivity contribution in [2.45, 2.75) is 45.1 Å². The highest BCUT2D eigenvalue weighted by molar-refractivity contribution is 5.94. The first kappa shape index (κ1) is 29.1. The van der Waals surface area contributed by atoms with Crippen molar-refractivity contribution in [3.8, 4) is 11.1 Å². The molecule has 3 aromatic carbocycles. The van der Waals surface area contributed by atoms with Gasteiger partial charge < -0.3 is 20.3 Å². The zero-order chi connectivity index (χ0) is 30.9. The van der Waals surface area contributed by atoms with E-state index in [0.717, 1.165) is 57.3 Å². The van der Waals surface area contributed by atoms with Crippen molar-refractivity contribution >= 4 is 33.3 Å². The first-order valence-electron chi connectivity index (χ1n) is 15.4. The number of aliphatic hydroxyl groups is 1. The van der Waals surface area contributed by atoms with Gasteiger partial charge >= 0.3 is 0 Å². The van der Waals surface area contributed by atoms with Gasteiger partial charge in [0.25, 0.3) is 0 Å². The van der Waals surface area contributed by atoms with Crippen molar-refractivity contribution in [1.82, 2.24) is 34.5 Å². The van der Waals surface area contributed by atoms with Gasteiger partial charge in [-0.1, -0.05) is 18.2 Å². The number of nitrogens with one attached hydrogen (secondary N) is 2. The Labute approximate surface area is 261 Å². The van der Waals surface area contributed by atoms with Gasteiger partial charge in [-0.25, -0.2) is 14.4 Å². The molecule has 1 aliphatic rings. The second-order valence-corrected chi connectivity index (χ2v) is 12.2. The fourth-order valence-corrected chi connectivity index (χ4v) is 6.49. The molecule has 3 atom stereocenters. The third kappa shape index (κ3) is 6.58. The van der Waals surface area contributed by atoms with Gasteiger partial charge in [-0.3, -0.25) is 9.58 Å². The number of anilines is 2. The molecule has 7 rings (SSSR count). The van der Waals surface area contributed by atoms with Crippen LogP contribution in [0.2, 0.25) is 0 Å². The summed E-state index contributed by atoms with van der Waals surface area (Å²) in [5.41, 5.74) is 5.66. The van der Waals surface area contributed by atoms with Gasteiger partial charge in [-0.2, -0.15) is 5.10 Å². The van der Waals surface area contributed by atoms with Crippen LogP contribution in [-0.4, -0.2) is 72.1 Å². The van der Waals surface area contributed by atoms with E-state index >= 15 is 0 Å². The van der Waals surface area contributed by atoms with Gasteiger partial charge in [0.1, 0.15) is 18.0 Å². The summed E-state index contributed by atoms with van der Waals surface area (Å²) in [6.07, 6.45) is 7.05. The number of piperazine rings is 1. The number of aliphatic hydroxyl groups excluding tert-OH is 1. The van der Waals surface area contributed by atoms with Crippen LogP contribution in [-0.2, 0) is 13.1 Å². The number of aromatic nitrogens is 5. The number of hydrogen-bond donors (Lipinski definition) is 3. The summed E-state index contributed by atoms with van der Waals surface area (Å²) in [6, 6.07) is 21.7. The summed E-state index contributed by atoms with van der Waals surface area (Å²) in [4.78, 5) is 11.4. The van der Waals surface area contributed by atoms with Gasteiger partial charge in [0.05, 0.1) is 29.9 Å². The molecule has 0 spiro atoms. The van der Waals surface area contributed by atoms with Crippen molar-refractivity contribution in [3.63, 3.8) is 0 Å². The zero-order valence-corrected chi connectivity index (χ0v) is 25.4. The molecule has 4 heterocycles. The van der Waals surface area contributed by atoms with Gasteiger partial charge in [0.2, 0.25) is 0 Å². The number of hydrogen-bond acceptors (Lipinski definition) is 7. The van der Waals surface area contributed by atoms with Crippen molar-refractivity contribution in [2.24, 2.45) is 0 Å². The largest absolute Gasteiger partial charge is 0.390 e. The average molecular weight is 605 g/mol. The maximum atomic E-state index is 13.7. The van der Waals surface area contributed by atoms with Crippen LogP contribution in [0.4, 0.5) is 15.9 Å². The Morgan fingerprint density at radius 2 is 1.84 bits per heavy atom. The summed E-state index contributed by atoms with van der Waals surface area (Å²) in [7, 11) is 0. The van der Waals surface area contributed by atoms with E-state index < -0.39 is 6.10 Å². The van der Waals surface area contributed by atoms with Gasteiger partial charge in [-0.05, 0) is 79.1 Å². The quantitative estimate of drug-likeness (QED) is 0.203. The molecule has 1 saturated heterocycles. The maximum absolute atomic E-state index is 13.7. The molecule has 1 aliphatic heterocycles. The number of benzene rings is 3. The first-order chi connectivity index (χ1) is 21.9. The topological polar surface area (TPSA) is 96.1 Å². The van der Waals surface area contributed by atoms with Crippen molar-refractivity contribution in [2.75, 3.05) is 25.0 Å². The van der Waals surface area contributed by atoms with Crippen LogP contribution >= 0.6 is 0 Å². The monoisotopic (exact) mass is 604 g/mol. The predicted octanol–water partition coefficient (Wildman–Crippen LogP) is 5.42. The zero-order valence-electron chi connectivity index (χ0n) is 25.4. The molecule has 0 amide bonds. The highest BCUT2D eigenvalue weighted by Gasteiger charge is 2.23. The lowest BCUT2D eigenvalue weighted by molar-refractivity contribution is 0.0744. The average Bonchev–Trinajstić information content (AvgIpc) is 3.63. The fraction of sp³-hybridized carbons (Fsp3) is 0.286. The highest BCUT2D eigenvalue weighted by atomic mass is 19.1. The second kappa shape index (κ2) is 12.4. The molecule has 230 valence electrons. The lowest BCUT2D eigenvalue weighted by Crippen LogP contribution is -2.55. The highest BCUT2D eigenvalue weighted by Crippen LogP contribution is 2.30. The Hall–Kier alpha value is -4.64. The number of nitrogens with zero attached hydrogens (tertiary/aromatic N) is 6. The van der Waals surface area contributed by atoms with Crippen LogP contribution in [0.25, 0.3) is 32.9 Å². The molecule has 10 heteroatoms. The van der Waals surface area contributed by atoms with Gasteiger partial charge in [-0.15, -0.1) is 0 Å².